The van der Waals surface area contributed by atoms with Gasteiger partial charge in [-0.1, -0.05) is 61.7 Å². The molecule has 38 heavy (non-hydrogen) atoms. The Hall–Kier alpha value is -2.33. The standard InChI is InChI=1S/C27H38Cl2N4O4S/c1-7-9-15-30-27(35)24(8-2)32(17-21-22(28)11-10-12-23(21)29)26(34)18-33(38(36,37)31(5)6)25-16-19(3)13-14-20(25)4/h10-14,16,24H,7-9,15,17-18H2,1-6H3,(H,30,35)/t24-/m1/s1. The fourth-order valence-corrected chi connectivity index (χ4v) is 5.60. The molecule has 0 aliphatic heterocycles. The van der Waals surface area contributed by atoms with Crippen LogP contribution in [0.15, 0.2) is 36.4 Å². The Labute approximate surface area is 237 Å². The SMILES string of the molecule is CCCCNC(=O)[C@@H](CC)N(Cc1c(Cl)cccc1Cl)C(=O)CN(c1cc(C)ccc1C)S(=O)(=O)N(C)C. The van der Waals surface area contributed by atoms with E-state index in [0.29, 0.717) is 39.8 Å². The minimum Gasteiger partial charge on any atom is -0.354 e. The van der Waals surface area contributed by atoms with Crippen LogP contribution < -0.4 is 9.62 Å². The second-order valence-corrected chi connectivity index (χ2v) is 12.3. The lowest BCUT2D eigenvalue weighted by molar-refractivity contribution is -0.140. The van der Waals surface area contributed by atoms with Gasteiger partial charge >= 0.3 is 10.2 Å². The molecule has 0 bridgehead atoms. The molecule has 0 fully saturated rings. The van der Waals surface area contributed by atoms with Crippen LogP contribution in [0, 0.1) is 13.8 Å². The van der Waals surface area contributed by atoms with Crippen LogP contribution in [0.3, 0.4) is 0 Å². The van der Waals surface area contributed by atoms with Crippen molar-refractivity contribution in [2.45, 2.75) is 59.5 Å². The minimum absolute atomic E-state index is 0.0559. The summed E-state index contributed by atoms with van der Waals surface area (Å²) in [7, 11) is -1.23. The van der Waals surface area contributed by atoms with E-state index in [2.05, 4.69) is 5.32 Å². The molecular weight excluding hydrogens is 547 g/mol. The zero-order chi connectivity index (χ0) is 28.6. The van der Waals surface area contributed by atoms with Crippen LogP contribution in [0.5, 0.6) is 0 Å². The van der Waals surface area contributed by atoms with Gasteiger partial charge in [-0.3, -0.25) is 9.59 Å². The topological polar surface area (TPSA) is 90.0 Å². The van der Waals surface area contributed by atoms with Crippen molar-refractivity contribution in [3.63, 3.8) is 0 Å². The number of amides is 2. The predicted octanol–water partition coefficient (Wildman–Crippen LogP) is 4.95. The fraction of sp³-hybridized carbons (Fsp3) is 0.481. The number of unbranched alkanes of at least 4 members (excludes halogenated alkanes) is 1. The molecule has 2 amide bonds. The molecule has 0 saturated heterocycles. The summed E-state index contributed by atoms with van der Waals surface area (Å²) in [6, 6.07) is 9.58. The molecule has 0 heterocycles. The first-order valence-electron chi connectivity index (χ1n) is 12.6. The maximum absolute atomic E-state index is 14.0. The van der Waals surface area contributed by atoms with E-state index in [1.807, 2.05) is 26.0 Å². The van der Waals surface area contributed by atoms with Crippen molar-refractivity contribution in [3.8, 4) is 0 Å². The number of rotatable bonds is 13. The molecule has 8 nitrogen and oxygen atoms in total. The van der Waals surface area contributed by atoms with Crippen LogP contribution in [0.4, 0.5) is 5.69 Å². The molecule has 11 heteroatoms. The van der Waals surface area contributed by atoms with E-state index in [9.17, 15) is 18.0 Å². The van der Waals surface area contributed by atoms with Gasteiger partial charge < -0.3 is 10.2 Å². The summed E-state index contributed by atoms with van der Waals surface area (Å²) in [5.74, 6) is -0.865. The van der Waals surface area contributed by atoms with Crippen molar-refractivity contribution in [2.24, 2.45) is 0 Å². The lowest BCUT2D eigenvalue weighted by Crippen LogP contribution is -2.53. The van der Waals surface area contributed by atoms with Crippen LogP contribution in [-0.2, 0) is 26.3 Å². The third-order valence-electron chi connectivity index (χ3n) is 6.26. The number of nitrogens with one attached hydrogen (secondary N) is 1. The highest BCUT2D eigenvalue weighted by Gasteiger charge is 2.34. The highest BCUT2D eigenvalue weighted by Crippen LogP contribution is 2.29. The molecule has 0 spiro atoms. The summed E-state index contributed by atoms with van der Waals surface area (Å²) < 4.78 is 29.0. The lowest BCUT2D eigenvalue weighted by atomic mass is 10.1. The zero-order valence-electron chi connectivity index (χ0n) is 22.9. The van der Waals surface area contributed by atoms with Crippen LogP contribution in [-0.4, -0.2) is 62.7 Å². The predicted molar refractivity (Wildman–Crippen MR) is 155 cm³/mol. The fourth-order valence-electron chi connectivity index (χ4n) is 3.97. The number of carbonyl (C=O) groups is 2. The van der Waals surface area contributed by atoms with Gasteiger partial charge in [-0.15, -0.1) is 0 Å². The molecule has 0 saturated carbocycles. The van der Waals surface area contributed by atoms with E-state index in [0.717, 1.165) is 27.0 Å². The van der Waals surface area contributed by atoms with E-state index in [1.54, 1.807) is 38.1 Å². The first-order chi connectivity index (χ1) is 17.8. The van der Waals surface area contributed by atoms with E-state index in [4.69, 9.17) is 23.2 Å². The molecule has 0 aliphatic carbocycles. The summed E-state index contributed by atoms with van der Waals surface area (Å²) in [4.78, 5) is 28.6. The average Bonchev–Trinajstić information content (AvgIpc) is 2.85. The van der Waals surface area contributed by atoms with Crippen LogP contribution in [0.1, 0.15) is 49.8 Å². The number of anilines is 1. The quantitative estimate of drug-likeness (QED) is 0.337. The lowest BCUT2D eigenvalue weighted by Gasteiger charge is -2.34. The van der Waals surface area contributed by atoms with Crippen LogP contribution >= 0.6 is 23.2 Å². The molecule has 1 N–H and O–H groups in total. The molecule has 2 aromatic carbocycles. The second-order valence-electron chi connectivity index (χ2n) is 9.38. The van der Waals surface area contributed by atoms with Gasteiger partial charge in [0.1, 0.15) is 12.6 Å². The number of hydrogen-bond acceptors (Lipinski definition) is 4. The summed E-state index contributed by atoms with van der Waals surface area (Å²) in [6.07, 6.45) is 2.02. The van der Waals surface area contributed by atoms with Crippen molar-refractivity contribution in [3.05, 3.63) is 63.1 Å². The normalized spacial score (nSPS) is 12.3. The van der Waals surface area contributed by atoms with Gasteiger partial charge in [0.25, 0.3) is 0 Å². The first kappa shape index (κ1) is 31.9. The Morgan fingerprint density at radius 2 is 1.66 bits per heavy atom. The Morgan fingerprint density at radius 1 is 1.03 bits per heavy atom. The third kappa shape index (κ3) is 7.85. The maximum atomic E-state index is 14.0. The smallest absolute Gasteiger partial charge is 0.304 e. The van der Waals surface area contributed by atoms with Gasteiger partial charge in [0, 0.05) is 42.8 Å². The third-order valence-corrected chi connectivity index (χ3v) is 8.77. The molecule has 0 unspecified atom stereocenters. The molecule has 0 aliphatic rings. The Kier molecular flexibility index (Phi) is 11.9. The van der Waals surface area contributed by atoms with Crippen molar-refractivity contribution >= 4 is 50.9 Å². The molecule has 1 atom stereocenters. The van der Waals surface area contributed by atoms with Gasteiger partial charge in [-0.25, -0.2) is 4.31 Å². The highest BCUT2D eigenvalue weighted by atomic mass is 35.5. The van der Waals surface area contributed by atoms with E-state index in [1.165, 1.54) is 19.0 Å². The van der Waals surface area contributed by atoms with Crippen molar-refractivity contribution < 1.29 is 18.0 Å². The number of carbonyl (C=O) groups excluding carboxylic acids is 2. The van der Waals surface area contributed by atoms with Crippen LogP contribution in [0.25, 0.3) is 0 Å². The van der Waals surface area contributed by atoms with E-state index >= 15 is 0 Å². The molecular formula is C27H38Cl2N4O4S. The van der Waals surface area contributed by atoms with Crippen molar-refractivity contribution in [1.29, 1.82) is 0 Å². The first-order valence-corrected chi connectivity index (χ1v) is 14.8. The Balaban J connectivity index is 2.58. The Bertz CT molecular complexity index is 1220. The number of aryl methyl sites for hydroxylation is 2. The summed E-state index contributed by atoms with van der Waals surface area (Å²) in [6.45, 7) is 7.37. The van der Waals surface area contributed by atoms with Crippen molar-refractivity contribution in [2.75, 3.05) is 31.5 Å². The number of nitrogens with zero attached hydrogens (tertiary/aromatic N) is 3. The highest BCUT2D eigenvalue weighted by molar-refractivity contribution is 7.90. The van der Waals surface area contributed by atoms with Crippen LogP contribution in [0.2, 0.25) is 10.0 Å². The van der Waals surface area contributed by atoms with E-state index in [-0.39, 0.29) is 12.5 Å². The number of hydrogen-bond donors (Lipinski definition) is 1. The average molecular weight is 586 g/mol. The number of benzene rings is 2. The van der Waals surface area contributed by atoms with Crippen molar-refractivity contribution in [1.82, 2.24) is 14.5 Å². The monoisotopic (exact) mass is 584 g/mol. The van der Waals surface area contributed by atoms with Gasteiger partial charge in [0.2, 0.25) is 11.8 Å². The molecule has 2 aromatic rings. The largest absolute Gasteiger partial charge is 0.354 e. The summed E-state index contributed by atoms with van der Waals surface area (Å²) in [5, 5.41) is 3.60. The molecule has 0 aromatic heterocycles. The Morgan fingerprint density at radius 3 is 2.21 bits per heavy atom. The summed E-state index contributed by atoms with van der Waals surface area (Å²) in [5.41, 5.74) is 2.42. The van der Waals surface area contributed by atoms with E-state index < -0.39 is 28.7 Å². The summed E-state index contributed by atoms with van der Waals surface area (Å²) >= 11 is 12.9. The molecule has 0 radical (unpaired) electrons. The van der Waals surface area contributed by atoms with Gasteiger partial charge in [0.05, 0.1) is 5.69 Å². The van der Waals surface area contributed by atoms with Gasteiger partial charge in [0.15, 0.2) is 0 Å². The second kappa shape index (κ2) is 14.2. The zero-order valence-corrected chi connectivity index (χ0v) is 25.3. The van der Waals surface area contributed by atoms with Gasteiger partial charge in [-0.2, -0.15) is 12.7 Å². The van der Waals surface area contributed by atoms with Gasteiger partial charge in [-0.05, 0) is 56.0 Å². The minimum atomic E-state index is -4.05. The maximum Gasteiger partial charge on any atom is 0.304 e. The number of halogens is 2. The molecule has 210 valence electrons. The molecule has 2 rings (SSSR count).